The Morgan fingerprint density at radius 1 is 0.970 bits per heavy atom. The Hall–Kier alpha value is -2.65. The lowest BCUT2D eigenvalue weighted by Crippen LogP contribution is -2.06. The third-order valence-electron chi connectivity index (χ3n) is 4.70. The van der Waals surface area contributed by atoms with Crippen LogP contribution < -0.4 is 24.4 Å². The van der Waals surface area contributed by atoms with Crippen LogP contribution in [0.25, 0.3) is 0 Å². The number of nitrogens with zero attached hydrogens (tertiary/aromatic N) is 1. The Morgan fingerprint density at radius 2 is 1.76 bits per heavy atom. The van der Waals surface area contributed by atoms with Crippen LogP contribution in [0.15, 0.2) is 59.7 Å². The summed E-state index contributed by atoms with van der Waals surface area (Å²) in [6.45, 7) is 3.37. The van der Waals surface area contributed by atoms with Gasteiger partial charge in [-0.2, -0.15) is 5.10 Å². The molecule has 0 aliphatic carbocycles. The van der Waals surface area contributed by atoms with E-state index in [9.17, 15) is 0 Å². The van der Waals surface area contributed by atoms with Gasteiger partial charge < -0.3 is 24.4 Å². The smallest absolute Gasteiger partial charge is 0.175 e. The van der Waals surface area contributed by atoms with Crippen molar-refractivity contribution in [3.63, 3.8) is 0 Å². The number of rotatable bonds is 11. The van der Waals surface area contributed by atoms with Crippen molar-refractivity contribution in [2.24, 2.45) is 5.10 Å². The molecule has 0 saturated heterocycles. The summed E-state index contributed by atoms with van der Waals surface area (Å²) in [5, 5.41) is 5.02. The summed E-state index contributed by atoms with van der Waals surface area (Å²) in [6.07, 6.45) is 1.75. The molecule has 0 aromatic heterocycles. The van der Waals surface area contributed by atoms with Crippen molar-refractivity contribution in [3.05, 3.63) is 79.9 Å². The summed E-state index contributed by atoms with van der Waals surface area (Å²) >= 11 is 8.49. The van der Waals surface area contributed by atoms with Gasteiger partial charge >= 0.3 is 0 Å². The van der Waals surface area contributed by atoms with Crippen LogP contribution in [0.3, 0.4) is 0 Å². The van der Waals surface area contributed by atoms with E-state index in [1.54, 1.807) is 20.4 Å². The van der Waals surface area contributed by atoms with Crippen molar-refractivity contribution in [1.29, 1.82) is 0 Å². The molecule has 6 nitrogen and oxygen atoms in total. The summed E-state index contributed by atoms with van der Waals surface area (Å²) in [4.78, 5) is 0. The molecule has 0 saturated carbocycles. The normalized spacial score (nSPS) is 10.8. The first kappa shape index (κ1) is 25.0. The van der Waals surface area contributed by atoms with Crippen LogP contribution in [0.1, 0.15) is 23.6 Å². The Morgan fingerprint density at radius 3 is 2.48 bits per heavy atom. The molecule has 3 aromatic rings. The molecular weight excluding hydrogens is 555 g/mol. The third kappa shape index (κ3) is 6.91. The maximum atomic E-state index is 6.25. The van der Waals surface area contributed by atoms with E-state index in [2.05, 4.69) is 33.1 Å². The molecule has 3 rings (SSSR count). The van der Waals surface area contributed by atoms with Gasteiger partial charge in [-0.15, -0.1) is 0 Å². The van der Waals surface area contributed by atoms with Gasteiger partial charge in [-0.1, -0.05) is 35.9 Å². The molecule has 0 spiro atoms. The summed E-state index contributed by atoms with van der Waals surface area (Å²) in [5.41, 5.74) is 5.90. The predicted molar refractivity (Wildman–Crippen MR) is 140 cm³/mol. The number of methoxy groups -OCH3 is 2. The second-order valence-corrected chi connectivity index (χ2v) is 8.49. The summed E-state index contributed by atoms with van der Waals surface area (Å²) < 4.78 is 23.4. The lowest BCUT2D eigenvalue weighted by Gasteiger charge is -2.15. The van der Waals surface area contributed by atoms with Crippen molar-refractivity contribution in [2.75, 3.05) is 20.8 Å². The van der Waals surface area contributed by atoms with Gasteiger partial charge in [-0.25, -0.2) is 0 Å². The highest BCUT2D eigenvalue weighted by atomic mass is 127. The highest BCUT2D eigenvalue weighted by molar-refractivity contribution is 14.1. The van der Waals surface area contributed by atoms with Crippen molar-refractivity contribution in [1.82, 2.24) is 5.43 Å². The summed E-state index contributed by atoms with van der Waals surface area (Å²) in [6, 6.07) is 17.3. The maximum Gasteiger partial charge on any atom is 0.175 e. The Kier molecular flexibility index (Phi) is 9.50. The van der Waals surface area contributed by atoms with Crippen LogP contribution in [0, 0.1) is 3.57 Å². The third-order valence-corrected chi connectivity index (χ3v) is 5.87. The molecule has 0 atom stereocenters. The highest BCUT2D eigenvalue weighted by Crippen LogP contribution is 2.35. The number of halogens is 2. The zero-order chi connectivity index (χ0) is 23.6. The van der Waals surface area contributed by atoms with Gasteiger partial charge in [0.15, 0.2) is 23.0 Å². The van der Waals surface area contributed by atoms with Gasteiger partial charge in [0.2, 0.25) is 0 Å². The first-order chi connectivity index (χ1) is 16.0. The lowest BCUT2D eigenvalue weighted by atomic mass is 10.2. The first-order valence-corrected chi connectivity index (χ1v) is 11.8. The van der Waals surface area contributed by atoms with Gasteiger partial charge in [0, 0.05) is 10.6 Å². The standard InChI is InChI=1S/C25H26ClIN2O4/c1-4-32-24-13-18(11-21(27)25(24)33-16-19-7-5-6-8-20(19)26)15-29-28-14-17-9-10-22(30-2)23(12-17)31-3/h5-13,15,28H,4,14,16H2,1-3H3/b29-15-. The van der Waals surface area contributed by atoms with E-state index in [0.29, 0.717) is 47.8 Å². The molecule has 174 valence electrons. The van der Waals surface area contributed by atoms with E-state index in [4.69, 9.17) is 30.5 Å². The van der Waals surface area contributed by atoms with Crippen molar-refractivity contribution < 1.29 is 18.9 Å². The Balaban J connectivity index is 1.68. The number of hydrogen-bond acceptors (Lipinski definition) is 6. The largest absolute Gasteiger partial charge is 0.493 e. The number of ether oxygens (including phenoxy) is 4. The minimum absolute atomic E-state index is 0.357. The molecule has 0 radical (unpaired) electrons. The maximum absolute atomic E-state index is 6.25. The Bertz CT molecular complexity index is 1110. The fraction of sp³-hybridized carbons (Fsp3) is 0.240. The van der Waals surface area contributed by atoms with Crippen LogP contribution in [0.4, 0.5) is 0 Å². The molecule has 0 fully saturated rings. The molecule has 0 aliphatic heterocycles. The number of benzene rings is 3. The van der Waals surface area contributed by atoms with E-state index in [-0.39, 0.29) is 0 Å². The van der Waals surface area contributed by atoms with Gasteiger partial charge in [-0.05, 0) is 71.0 Å². The number of hydrazone groups is 1. The monoisotopic (exact) mass is 580 g/mol. The predicted octanol–water partition coefficient (Wildman–Crippen LogP) is 6.06. The molecule has 8 heteroatoms. The van der Waals surface area contributed by atoms with Gasteiger partial charge in [-0.3, -0.25) is 0 Å². The number of hydrogen-bond donors (Lipinski definition) is 1. The molecule has 1 N–H and O–H groups in total. The first-order valence-electron chi connectivity index (χ1n) is 10.3. The molecule has 33 heavy (non-hydrogen) atoms. The van der Waals surface area contributed by atoms with Crippen LogP contribution in [-0.4, -0.2) is 27.0 Å². The Labute approximate surface area is 213 Å². The van der Waals surface area contributed by atoms with E-state index in [1.807, 2.05) is 61.5 Å². The lowest BCUT2D eigenvalue weighted by molar-refractivity contribution is 0.267. The average molecular weight is 581 g/mol. The fourth-order valence-corrected chi connectivity index (χ4v) is 4.05. The average Bonchev–Trinajstić information content (AvgIpc) is 2.82. The van der Waals surface area contributed by atoms with Crippen LogP contribution in [0.2, 0.25) is 5.02 Å². The fourth-order valence-electron chi connectivity index (χ4n) is 3.08. The van der Waals surface area contributed by atoms with Gasteiger partial charge in [0.05, 0.1) is 37.2 Å². The van der Waals surface area contributed by atoms with Crippen molar-refractivity contribution in [2.45, 2.75) is 20.1 Å². The van der Waals surface area contributed by atoms with Crippen molar-refractivity contribution >= 4 is 40.4 Å². The molecular formula is C25H26ClIN2O4. The topological polar surface area (TPSA) is 61.3 Å². The van der Waals surface area contributed by atoms with Gasteiger partial charge in [0.1, 0.15) is 6.61 Å². The van der Waals surface area contributed by atoms with Crippen molar-refractivity contribution in [3.8, 4) is 23.0 Å². The van der Waals surface area contributed by atoms with E-state index in [1.165, 1.54) is 0 Å². The highest BCUT2D eigenvalue weighted by Gasteiger charge is 2.13. The van der Waals surface area contributed by atoms with Gasteiger partial charge in [0.25, 0.3) is 0 Å². The minimum Gasteiger partial charge on any atom is -0.493 e. The molecule has 0 heterocycles. The summed E-state index contributed by atoms with van der Waals surface area (Å²) in [7, 11) is 3.23. The molecule has 0 bridgehead atoms. The molecule has 3 aromatic carbocycles. The second kappa shape index (κ2) is 12.6. The molecule has 0 amide bonds. The number of nitrogens with one attached hydrogen (secondary N) is 1. The zero-order valence-electron chi connectivity index (χ0n) is 18.7. The minimum atomic E-state index is 0.357. The van der Waals surface area contributed by atoms with Crippen LogP contribution in [0.5, 0.6) is 23.0 Å². The van der Waals surface area contributed by atoms with E-state index in [0.717, 1.165) is 20.3 Å². The SMILES string of the molecule is CCOc1cc(/C=N\NCc2ccc(OC)c(OC)c2)cc(I)c1OCc1ccccc1Cl. The molecule has 0 unspecified atom stereocenters. The zero-order valence-corrected chi connectivity index (χ0v) is 21.6. The van der Waals surface area contributed by atoms with Crippen LogP contribution in [-0.2, 0) is 13.2 Å². The van der Waals surface area contributed by atoms with E-state index >= 15 is 0 Å². The van der Waals surface area contributed by atoms with Crippen LogP contribution >= 0.6 is 34.2 Å². The quantitative estimate of drug-likeness (QED) is 0.170. The van der Waals surface area contributed by atoms with E-state index < -0.39 is 0 Å². The second-order valence-electron chi connectivity index (χ2n) is 6.93. The molecule has 0 aliphatic rings. The summed E-state index contributed by atoms with van der Waals surface area (Å²) in [5.74, 6) is 2.73.